The molecule has 0 saturated heterocycles. The second kappa shape index (κ2) is 8.18. The van der Waals surface area contributed by atoms with Gasteiger partial charge in [-0.1, -0.05) is 49.6 Å². The topological polar surface area (TPSA) is 12.0 Å². The summed E-state index contributed by atoms with van der Waals surface area (Å²) in [6, 6.07) is 8.86. The minimum atomic E-state index is 0.681. The first-order valence-corrected chi connectivity index (χ1v) is 8.89. The summed E-state index contributed by atoms with van der Waals surface area (Å²) in [5, 5.41) is 4.57. The van der Waals surface area contributed by atoms with Gasteiger partial charge in [-0.05, 0) is 36.9 Å². The SMILES string of the molecule is CCNC(CSCc1ccccc1Cl)C1CCCC1. The van der Waals surface area contributed by atoms with Crippen LogP contribution in [-0.2, 0) is 5.75 Å². The molecule has 0 spiro atoms. The Balaban J connectivity index is 1.80. The summed E-state index contributed by atoms with van der Waals surface area (Å²) in [5.74, 6) is 3.11. The molecule has 3 heteroatoms. The Labute approximate surface area is 126 Å². The zero-order valence-electron chi connectivity index (χ0n) is 11.7. The molecule has 0 heterocycles. The second-order valence-electron chi connectivity index (χ2n) is 5.32. The van der Waals surface area contributed by atoms with E-state index in [1.807, 2.05) is 23.9 Å². The van der Waals surface area contributed by atoms with E-state index in [0.29, 0.717) is 6.04 Å². The lowest BCUT2D eigenvalue weighted by molar-refractivity contribution is 0.394. The molecule has 1 atom stereocenters. The van der Waals surface area contributed by atoms with Gasteiger partial charge in [0.2, 0.25) is 0 Å². The maximum atomic E-state index is 6.20. The highest BCUT2D eigenvalue weighted by Crippen LogP contribution is 2.30. The van der Waals surface area contributed by atoms with Gasteiger partial charge in [0.1, 0.15) is 0 Å². The van der Waals surface area contributed by atoms with Gasteiger partial charge in [-0.3, -0.25) is 0 Å². The normalized spacial score (nSPS) is 17.8. The van der Waals surface area contributed by atoms with Crippen LogP contribution in [0.3, 0.4) is 0 Å². The van der Waals surface area contributed by atoms with Gasteiger partial charge in [-0.25, -0.2) is 0 Å². The van der Waals surface area contributed by atoms with E-state index < -0.39 is 0 Å². The van der Waals surface area contributed by atoms with Crippen LogP contribution in [0.2, 0.25) is 5.02 Å². The molecule has 1 unspecified atom stereocenters. The number of rotatable bonds is 7. The van der Waals surface area contributed by atoms with Crippen molar-refractivity contribution in [1.82, 2.24) is 5.32 Å². The van der Waals surface area contributed by atoms with Gasteiger partial charge < -0.3 is 5.32 Å². The van der Waals surface area contributed by atoms with Gasteiger partial charge in [0, 0.05) is 22.6 Å². The van der Waals surface area contributed by atoms with Crippen LogP contribution in [0.25, 0.3) is 0 Å². The molecule has 19 heavy (non-hydrogen) atoms. The Bertz CT molecular complexity index is 377. The highest BCUT2D eigenvalue weighted by Gasteiger charge is 2.24. The summed E-state index contributed by atoms with van der Waals surface area (Å²) in [5.41, 5.74) is 1.26. The third-order valence-electron chi connectivity index (χ3n) is 3.95. The second-order valence-corrected chi connectivity index (χ2v) is 6.75. The summed E-state index contributed by atoms with van der Waals surface area (Å²) in [6.07, 6.45) is 5.65. The standard InChI is InChI=1S/C16H24ClNS/c1-2-18-16(13-7-3-4-8-13)12-19-11-14-9-5-6-10-15(14)17/h5-6,9-10,13,16,18H,2-4,7-8,11-12H2,1H3. The number of halogens is 1. The summed E-state index contributed by atoms with van der Waals surface area (Å²) in [6.45, 7) is 3.29. The fourth-order valence-corrected chi connectivity index (χ4v) is 4.41. The average Bonchev–Trinajstić information content (AvgIpc) is 2.94. The van der Waals surface area contributed by atoms with E-state index in [-0.39, 0.29) is 0 Å². The van der Waals surface area contributed by atoms with Gasteiger partial charge in [0.05, 0.1) is 0 Å². The molecule has 1 aliphatic carbocycles. The van der Waals surface area contributed by atoms with Crippen LogP contribution in [0.4, 0.5) is 0 Å². The van der Waals surface area contributed by atoms with Crippen molar-refractivity contribution in [3.8, 4) is 0 Å². The van der Waals surface area contributed by atoms with Crippen molar-refractivity contribution in [2.45, 2.75) is 44.4 Å². The van der Waals surface area contributed by atoms with Crippen LogP contribution in [-0.4, -0.2) is 18.3 Å². The van der Waals surface area contributed by atoms with Crippen molar-refractivity contribution in [3.05, 3.63) is 34.9 Å². The molecule has 1 saturated carbocycles. The summed E-state index contributed by atoms with van der Waals surface area (Å²) in [4.78, 5) is 0. The smallest absolute Gasteiger partial charge is 0.0446 e. The van der Waals surface area contributed by atoms with Crippen molar-refractivity contribution in [2.24, 2.45) is 5.92 Å². The molecule has 0 aliphatic heterocycles. The third-order valence-corrected chi connectivity index (χ3v) is 5.43. The van der Waals surface area contributed by atoms with E-state index in [1.165, 1.54) is 37.0 Å². The first-order valence-electron chi connectivity index (χ1n) is 7.35. The first-order chi connectivity index (χ1) is 9.31. The number of hydrogen-bond donors (Lipinski definition) is 1. The molecule has 1 fully saturated rings. The number of thioether (sulfide) groups is 1. The Kier molecular flexibility index (Phi) is 6.55. The fraction of sp³-hybridized carbons (Fsp3) is 0.625. The summed E-state index contributed by atoms with van der Waals surface area (Å²) < 4.78 is 0. The van der Waals surface area contributed by atoms with Crippen LogP contribution in [0, 0.1) is 5.92 Å². The van der Waals surface area contributed by atoms with E-state index in [4.69, 9.17) is 11.6 Å². The molecule has 0 aromatic heterocycles. The molecule has 1 nitrogen and oxygen atoms in total. The van der Waals surface area contributed by atoms with Crippen molar-refractivity contribution in [3.63, 3.8) is 0 Å². The van der Waals surface area contributed by atoms with Gasteiger partial charge in [0.15, 0.2) is 0 Å². The molecule has 0 bridgehead atoms. The van der Waals surface area contributed by atoms with Gasteiger partial charge in [0.25, 0.3) is 0 Å². The van der Waals surface area contributed by atoms with Crippen molar-refractivity contribution in [2.75, 3.05) is 12.3 Å². The monoisotopic (exact) mass is 297 g/mol. The number of benzene rings is 1. The first kappa shape index (κ1) is 15.2. The maximum Gasteiger partial charge on any atom is 0.0446 e. The van der Waals surface area contributed by atoms with E-state index in [0.717, 1.165) is 23.2 Å². The third kappa shape index (κ3) is 4.70. The molecular formula is C16H24ClNS. The molecule has 106 valence electrons. The van der Waals surface area contributed by atoms with Crippen molar-refractivity contribution < 1.29 is 0 Å². The van der Waals surface area contributed by atoms with E-state index in [1.54, 1.807) is 0 Å². The Hall–Kier alpha value is -0.180. The molecule has 0 radical (unpaired) electrons. The Morgan fingerprint density at radius 3 is 2.74 bits per heavy atom. The molecule has 0 amide bonds. The molecule has 1 N–H and O–H groups in total. The Morgan fingerprint density at radius 1 is 1.32 bits per heavy atom. The van der Waals surface area contributed by atoms with E-state index >= 15 is 0 Å². The van der Waals surface area contributed by atoms with Crippen LogP contribution >= 0.6 is 23.4 Å². The lowest BCUT2D eigenvalue weighted by atomic mass is 10.00. The largest absolute Gasteiger partial charge is 0.313 e. The summed E-state index contributed by atoms with van der Waals surface area (Å²) in [7, 11) is 0. The van der Waals surface area contributed by atoms with Crippen LogP contribution in [0.15, 0.2) is 24.3 Å². The average molecular weight is 298 g/mol. The highest BCUT2D eigenvalue weighted by molar-refractivity contribution is 7.98. The van der Waals surface area contributed by atoms with Crippen molar-refractivity contribution >= 4 is 23.4 Å². The van der Waals surface area contributed by atoms with Crippen LogP contribution < -0.4 is 5.32 Å². The minimum Gasteiger partial charge on any atom is -0.313 e. The van der Waals surface area contributed by atoms with Gasteiger partial charge in [-0.2, -0.15) is 11.8 Å². The van der Waals surface area contributed by atoms with Crippen LogP contribution in [0.1, 0.15) is 38.2 Å². The summed E-state index contributed by atoms with van der Waals surface area (Å²) >= 11 is 8.21. The zero-order valence-corrected chi connectivity index (χ0v) is 13.3. The van der Waals surface area contributed by atoms with Crippen LogP contribution in [0.5, 0.6) is 0 Å². The Morgan fingerprint density at radius 2 is 2.05 bits per heavy atom. The molecule has 1 aromatic carbocycles. The number of nitrogens with one attached hydrogen (secondary N) is 1. The minimum absolute atomic E-state index is 0.681. The zero-order chi connectivity index (χ0) is 13.5. The maximum absolute atomic E-state index is 6.20. The molecule has 2 rings (SSSR count). The lowest BCUT2D eigenvalue weighted by Gasteiger charge is -2.24. The molecular weight excluding hydrogens is 274 g/mol. The molecule has 1 aromatic rings. The lowest BCUT2D eigenvalue weighted by Crippen LogP contribution is -2.37. The molecule has 1 aliphatic rings. The number of hydrogen-bond acceptors (Lipinski definition) is 2. The van der Waals surface area contributed by atoms with E-state index in [2.05, 4.69) is 24.4 Å². The highest BCUT2D eigenvalue weighted by atomic mass is 35.5. The predicted octanol–water partition coefficient (Wildman–Crippen LogP) is 4.74. The van der Waals surface area contributed by atoms with Gasteiger partial charge >= 0.3 is 0 Å². The van der Waals surface area contributed by atoms with Crippen molar-refractivity contribution in [1.29, 1.82) is 0 Å². The van der Waals surface area contributed by atoms with E-state index in [9.17, 15) is 0 Å². The van der Waals surface area contributed by atoms with Gasteiger partial charge in [-0.15, -0.1) is 0 Å². The quantitative estimate of drug-likeness (QED) is 0.780. The predicted molar refractivity (Wildman–Crippen MR) is 87.0 cm³/mol. The fourth-order valence-electron chi connectivity index (χ4n) is 2.89.